The summed E-state index contributed by atoms with van der Waals surface area (Å²) in [6, 6.07) is 7.43. The van der Waals surface area contributed by atoms with Gasteiger partial charge in [-0.05, 0) is 35.2 Å². The van der Waals surface area contributed by atoms with Gasteiger partial charge in [0.25, 0.3) is 0 Å². The molecule has 0 atom stereocenters. The van der Waals surface area contributed by atoms with Crippen LogP contribution in [0.1, 0.15) is 11.3 Å². The van der Waals surface area contributed by atoms with Gasteiger partial charge in [-0.1, -0.05) is 6.07 Å². The molecular formula is C20H19N3O3S. The third-order valence-electron chi connectivity index (χ3n) is 3.83. The molecule has 3 aromatic rings. The first kappa shape index (κ1) is 18.6. The number of benzene rings is 1. The molecule has 0 saturated heterocycles. The van der Waals surface area contributed by atoms with E-state index in [2.05, 4.69) is 15.3 Å². The van der Waals surface area contributed by atoms with Gasteiger partial charge in [-0.2, -0.15) is 11.3 Å². The van der Waals surface area contributed by atoms with Crippen molar-refractivity contribution in [3.05, 3.63) is 64.8 Å². The van der Waals surface area contributed by atoms with Crippen molar-refractivity contribution >= 4 is 23.3 Å². The fraction of sp³-hybridized carbons (Fsp3) is 0.150. The molecule has 0 spiro atoms. The Labute approximate surface area is 161 Å². The zero-order chi connectivity index (χ0) is 19.1. The highest BCUT2D eigenvalue weighted by molar-refractivity contribution is 7.08. The predicted octanol–water partition coefficient (Wildman–Crippen LogP) is 3.55. The summed E-state index contributed by atoms with van der Waals surface area (Å²) < 4.78 is 10.5. The van der Waals surface area contributed by atoms with E-state index in [1.807, 2.05) is 22.9 Å². The van der Waals surface area contributed by atoms with E-state index in [1.54, 1.807) is 56.2 Å². The van der Waals surface area contributed by atoms with E-state index in [0.29, 0.717) is 18.0 Å². The molecule has 0 aliphatic rings. The van der Waals surface area contributed by atoms with E-state index in [9.17, 15) is 4.79 Å². The standard InChI is InChI=1S/C20H19N3O3S/c1-25-17-5-3-14(11-18(17)26-2)4-6-19(24)23-12-16-20(22-9-8-21-16)15-7-10-27-13-15/h3-11,13H,12H2,1-2H3,(H,23,24)/b6-4+. The van der Waals surface area contributed by atoms with Gasteiger partial charge in [0.2, 0.25) is 5.91 Å². The number of thiophene rings is 1. The van der Waals surface area contributed by atoms with Gasteiger partial charge in [-0.3, -0.25) is 14.8 Å². The van der Waals surface area contributed by atoms with Crippen LogP contribution in [0.4, 0.5) is 0 Å². The molecule has 7 heteroatoms. The van der Waals surface area contributed by atoms with E-state index in [4.69, 9.17) is 9.47 Å². The van der Waals surface area contributed by atoms with Crippen LogP contribution >= 0.6 is 11.3 Å². The molecule has 3 rings (SSSR count). The van der Waals surface area contributed by atoms with E-state index < -0.39 is 0 Å². The summed E-state index contributed by atoms with van der Waals surface area (Å²) in [7, 11) is 3.15. The highest BCUT2D eigenvalue weighted by Gasteiger charge is 2.09. The maximum Gasteiger partial charge on any atom is 0.244 e. The zero-order valence-electron chi connectivity index (χ0n) is 15.0. The van der Waals surface area contributed by atoms with Crippen LogP contribution in [0.25, 0.3) is 17.3 Å². The van der Waals surface area contributed by atoms with Gasteiger partial charge in [-0.25, -0.2) is 0 Å². The van der Waals surface area contributed by atoms with Crippen LogP contribution in [0.3, 0.4) is 0 Å². The van der Waals surface area contributed by atoms with E-state index in [0.717, 1.165) is 22.5 Å². The van der Waals surface area contributed by atoms with E-state index >= 15 is 0 Å². The average Bonchev–Trinajstić information content (AvgIpc) is 3.25. The van der Waals surface area contributed by atoms with Crippen molar-refractivity contribution in [1.29, 1.82) is 0 Å². The lowest BCUT2D eigenvalue weighted by molar-refractivity contribution is -0.116. The molecule has 0 fully saturated rings. The number of hydrogen-bond donors (Lipinski definition) is 1. The Hall–Kier alpha value is -3.19. The van der Waals surface area contributed by atoms with Crippen LogP contribution in [0.5, 0.6) is 11.5 Å². The van der Waals surface area contributed by atoms with Crippen molar-refractivity contribution < 1.29 is 14.3 Å². The molecule has 1 aromatic carbocycles. The molecule has 2 aromatic heterocycles. The largest absolute Gasteiger partial charge is 0.493 e. The molecule has 0 radical (unpaired) electrons. The van der Waals surface area contributed by atoms with Crippen LogP contribution in [0.15, 0.2) is 53.5 Å². The summed E-state index contributed by atoms with van der Waals surface area (Å²) >= 11 is 1.59. The van der Waals surface area contributed by atoms with Crippen molar-refractivity contribution in [2.24, 2.45) is 0 Å². The molecule has 2 heterocycles. The lowest BCUT2D eigenvalue weighted by Crippen LogP contribution is -2.21. The smallest absolute Gasteiger partial charge is 0.244 e. The number of carbonyl (C=O) groups is 1. The number of carbonyl (C=O) groups excluding carboxylic acids is 1. The molecule has 1 N–H and O–H groups in total. The minimum Gasteiger partial charge on any atom is -0.493 e. The number of amides is 1. The van der Waals surface area contributed by atoms with Crippen molar-refractivity contribution in [2.45, 2.75) is 6.54 Å². The highest BCUT2D eigenvalue weighted by atomic mass is 32.1. The van der Waals surface area contributed by atoms with Gasteiger partial charge >= 0.3 is 0 Å². The minimum absolute atomic E-state index is 0.216. The summed E-state index contributed by atoms with van der Waals surface area (Å²) in [6.07, 6.45) is 6.46. The number of nitrogens with zero attached hydrogens (tertiary/aromatic N) is 2. The fourth-order valence-corrected chi connectivity index (χ4v) is 3.14. The molecule has 27 heavy (non-hydrogen) atoms. The monoisotopic (exact) mass is 381 g/mol. The highest BCUT2D eigenvalue weighted by Crippen LogP contribution is 2.28. The normalized spacial score (nSPS) is 10.7. The van der Waals surface area contributed by atoms with Crippen molar-refractivity contribution in [3.63, 3.8) is 0 Å². The first-order valence-corrected chi connectivity index (χ1v) is 9.16. The Balaban J connectivity index is 1.65. The zero-order valence-corrected chi connectivity index (χ0v) is 15.8. The number of hydrogen-bond acceptors (Lipinski definition) is 6. The third-order valence-corrected chi connectivity index (χ3v) is 4.52. The molecule has 0 aliphatic carbocycles. The molecule has 0 bridgehead atoms. The maximum atomic E-state index is 12.2. The predicted molar refractivity (Wildman–Crippen MR) is 106 cm³/mol. The number of rotatable bonds is 7. The van der Waals surface area contributed by atoms with Crippen molar-refractivity contribution in [3.8, 4) is 22.8 Å². The summed E-state index contributed by atoms with van der Waals surface area (Å²) in [4.78, 5) is 20.9. The van der Waals surface area contributed by atoms with Gasteiger partial charge in [0.1, 0.15) is 0 Å². The summed E-state index contributed by atoms with van der Waals surface area (Å²) in [5.74, 6) is 1.04. The molecule has 0 aliphatic heterocycles. The number of aromatic nitrogens is 2. The minimum atomic E-state index is -0.216. The molecule has 0 saturated carbocycles. The Morgan fingerprint density at radius 3 is 2.70 bits per heavy atom. The van der Waals surface area contributed by atoms with Crippen molar-refractivity contribution in [2.75, 3.05) is 14.2 Å². The lowest BCUT2D eigenvalue weighted by atomic mass is 10.1. The average molecular weight is 381 g/mol. The van der Waals surface area contributed by atoms with Gasteiger partial charge in [0.05, 0.1) is 32.2 Å². The topological polar surface area (TPSA) is 73.3 Å². The summed E-state index contributed by atoms with van der Waals surface area (Å²) in [5, 5.41) is 6.83. The van der Waals surface area contributed by atoms with Crippen LogP contribution < -0.4 is 14.8 Å². The van der Waals surface area contributed by atoms with E-state index in [-0.39, 0.29) is 5.91 Å². The lowest BCUT2D eigenvalue weighted by Gasteiger charge is -2.08. The van der Waals surface area contributed by atoms with Gasteiger partial charge in [0, 0.05) is 29.4 Å². The van der Waals surface area contributed by atoms with Gasteiger partial charge in [0.15, 0.2) is 11.5 Å². The Morgan fingerprint density at radius 2 is 1.96 bits per heavy atom. The summed E-state index contributed by atoms with van der Waals surface area (Å²) in [5.41, 5.74) is 3.34. The number of ether oxygens (including phenoxy) is 2. The second-order valence-electron chi connectivity index (χ2n) is 5.53. The Morgan fingerprint density at radius 1 is 1.15 bits per heavy atom. The Kier molecular flexibility index (Phi) is 6.17. The SMILES string of the molecule is COc1ccc(/C=C/C(=O)NCc2nccnc2-c2ccsc2)cc1OC. The first-order chi connectivity index (χ1) is 13.2. The fourth-order valence-electron chi connectivity index (χ4n) is 2.49. The van der Waals surface area contributed by atoms with Crippen LogP contribution in [-0.4, -0.2) is 30.1 Å². The maximum absolute atomic E-state index is 12.2. The second kappa shape index (κ2) is 8.95. The Bertz CT molecular complexity index is 939. The molecular weight excluding hydrogens is 362 g/mol. The van der Waals surface area contributed by atoms with Gasteiger partial charge < -0.3 is 14.8 Å². The van der Waals surface area contributed by atoms with Crippen LogP contribution in [0, 0.1) is 0 Å². The first-order valence-electron chi connectivity index (χ1n) is 8.21. The van der Waals surface area contributed by atoms with Crippen molar-refractivity contribution in [1.82, 2.24) is 15.3 Å². The quantitative estimate of drug-likeness (QED) is 0.634. The molecule has 6 nitrogen and oxygen atoms in total. The molecule has 138 valence electrons. The van der Waals surface area contributed by atoms with Crippen LogP contribution in [-0.2, 0) is 11.3 Å². The second-order valence-corrected chi connectivity index (χ2v) is 6.31. The molecule has 1 amide bonds. The number of nitrogens with one attached hydrogen (secondary N) is 1. The van der Waals surface area contributed by atoms with Crippen LogP contribution in [0.2, 0.25) is 0 Å². The summed E-state index contributed by atoms with van der Waals surface area (Å²) in [6.45, 7) is 0.300. The molecule has 0 unspecified atom stereocenters. The van der Waals surface area contributed by atoms with Gasteiger partial charge in [-0.15, -0.1) is 0 Å². The van der Waals surface area contributed by atoms with E-state index in [1.165, 1.54) is 6.08 Å². The third kappa shape index (κ3) is 4.71. The number of methoxy groups -OCH3 is 2.